The molecule has 0 aromatic heterocycles. The third kappa shape index (κ3) is 2660. The van der Waals surface area contributed by atoms with Crippen molar-refractivity contribution in [1.82, 2.24) is 0 Å². The summed E-state index contributed by atoms with van der Waals surface area (Å²) in [5, 5.41) is 0. The van der Waals surface area contributed by atoms with Crippen LogP contribution in [0.5, 0.6) is 0 Å². The SMILES string of the molecule is O.O.O.O.O.O=[Si]([O-])[O-].[Na+]. The predicted octanol–water partition coefficient (Wildman–Crippen LogP) is -10.00. The molecule has 10 heavy (non-hydrogen) atoms. The predicted molar refractivity (Wildman–Crippen MR) is 24.5 cm³/mol. The molecule has 0 unspecified atom stereocenters. The molecule has 0 bridgehead atoms. The van der Waals surface area contributed by atoms with E-state index in [0.717, 1.165) is 0 Å². The van der Waals surface area contributed by atoms with E-state index in [1.165, 1.54) is 0 Å². The standard InChI is InChI=1S/Na.O3Si.5H2O/c;1-4(2)3;;;;;/h;;5*1H2/q+1;-2;;;;;. The van der Waals surface area contributed by atoms with E-state index in [1.54, 1.807) is 0 Å². The van der Waals surface area contributed by atoms with Crippen molar-refractivity contribution in [1.29, 1.82) is 0 Å². The zero-order valence-corrected chi connectivity index (χ0v) is 8.22. The minimum absolute atomic E-state index is 0. The summed E-state index contributed by atoms with van der Waals surface area (Å²) in [6.07, 6.45) is 0. The van der Waals surface area contributed by atoms with Gasteiger partial charge >= 0.3 is 29.6 Å². The monoisotopic (exact) mass is 189 g/mol. The molecular weight excluding hydrogens is 179 g/mol. The van der Waals surface area contributed by atoms with Crippen molar-refractivity contribution in [2.45, 2.75) is 0 Å². The zero-order chi connectivity index (χ0) is 3.58. The fourth-order valence-electron chi connectivity index (χ4n) is 0. The quantitative estimate of drug-likeness (QED) is 0.338. The van der Waals surface area contributed by atoms with E-state index in [9.17, 15) is 0 Å². The first kappa shape index (κ1) is 79.1. The van der Waals surface area contributed by atoms with Gasteiger partial charge in [-0.1, -0.05) is 0 Å². The fourth-order valence-corrected chi connectivity index (χ4v) is 0. The summed E-state index contributed by atoms with van der Waals surface area (Å²) in [5.74, 6) is 0. The van der Waals surface area contributed by atoms with E-state index < -0.39 is 9.17 Å². The molecule has 0 radical (unpaired) electrons. The smallest absolute Gasteiger partial charge is 0.672 e. The van der Waals surface area contributed by atoms with Gasteiger partial charge in [-0.2, -0.15) is 0 Å². The molecule has 0 aromatic rings. The van der Waals surface area contributed by atoms with Crippen LogP contribution in [0.4, 0.5) is 0 Å². The van der Waals surface area contributed by atoms with Crippen LogP contribution in [0.15, 0.2) is 0 Å². The largest absolute Gasteiger partial charge is 1.00 e. The maximum absolute atomic E-state index is 8.52. The minimum Gasteiger partial charge on any atom is -0.672 e. The Bertz CT molecular complexity index is 32.2. The average molecular weight is 189 g/mol. The molecule has 0 atom stereocenters. The van der Waals surface area contributed by atoms with Crippen LogP contribution in [0, 0.1) is 0 Å². The van der Waals surface area contributed by atoms with Crippen molar-refractivity contribution in [3.63, 3.8) is 0 Å². The Morgan fingerprint density at radius 1 is 0.800 bits per heavy atom. The topological polar surface area (TPSA) is 221 Å². The van der Waals surface area contributed by atoms with Crippen molar-refractivity contribution in [2.24, 2.45) is 0 Å². The maximum Gasteiger partial charge on any atom is 1.00 e. The van der Waals surface area contributed by atoms with Crippen LogP contribution in [0.25, 0.3) is 0 Å². The molecule has 0 fully saturated rings. The summed E-state index contributed by atoms with van der Waals surface area (Å²) in [6.45, 7) is 0. The van der Waals surface area contributed by atoms with Crippen LogP contribution >= 0.6 is 0 Å². The van der Waals surface area contributed by atoms with E-state index in [4.69, 9.17) is 14.1 Å². The van der Waals surface area contributed by atoms with Crippen molar-refractivity contribution in [3.05, 3.63) is 0 Å². The van der Waals surface area contributed by atoms with Crippen LogP contribution in [-0.4, -0.2) is 36.6 Å². The molecule has 0 aromatic carbocycles. The van der Waals surface area contributed by atoms with Crippen LogP contribution in [0.3, 0.4) is 0 Å². The number of hydrogen-bond donors (Lipinski definition) is 0. The molecule has 0 heterocycles. The summed E-state index contributed by atoms with van der Waals surface area (Å²) in [7, 11) is -3.63. The normalized spacial score (nSPS) is 2.40. The maximum atomic E-state index is 8.52. The van der Waals surface area contributed by atoms with Gasteiger partial charge < -0.3 is 41.4 Å². The second kappa shape index (κ2) is 57.1. The van der Waals surface area contributed by atoms with E-state index in [-0.39, 0.29) is 56.9 Å². The van der Waals surface area contributed by atoms with Gasteiger partial charge in [-0.05, 0) is 0 Å². The van der Waals surface area contributed by atoms with Crippen molar-refractivity contribution < 1.29 is 71.0 Å². The summed E-state index contributed by atoms with van der Waals surface area (Å²) in [6, 6.07) is 0. The van der Waals surface area contributed by atoms with E-state index >= 15 is 0 Å². The Balaban J connectivity index is -0.00000000300. The summed E-state index contributed by atoms with van der Waals surface area (Å²) < 4.78 is 8.52. The fraction of sp³-hybridized carbons (Fsp3) is 0. The molecule has 0 aliphatic heterocycles. The summed E-state index contributed by atoms with van der Waals surface area (Å²) in [5.41, 5.74) is 0. The van der Waals surface area contributed by atoms with Crippen molar-refractivity contribution >= 4 is 9.17 Å². The van der Waals surface area contributed by atoms with Gasteiger partial charge in [-0.15, -0.1) is 0 Å². The van der Waals surface area contributed by atoms with E-state index in [0.29, 0.717) is 0 Å². The average Bonchev–Trinajstić information content (AvgIpc) is 0.811. The van der Waals surface area contributed by atoms with Gasteiger partial charge in [0.2, 0.25) is 0 Å². The van der Waals surface area contributed by atoms with Gasteiger partial charge in [0.1, 0.15) is 0 Å². The molecule has 0 aliphatic rings. The second-order valence-corrected chi connectivity index (χ2v) is 0.750. The first-order valence-corrected chi connectivity index (χ1v) is 1.84. The van der Waals surface area contributed by atoms with Crippen LogP contribution in [-0.2, 0) is 4.46 Å². The molecule has 64 valence electrons. The molecule has 8 nitrogen and oxygen atoms in total. The van der Waals surface area contributed by atoms with Crippen LogP contribution in [0.1, 0.15) is 0 Å². The van der Waals surface area contributed by atoms with Gasteiger partial charge in [0, 0.05) is 9.17 Å². The third-order valence-corrected chi connectivity index (χ3v) is 0. The number of hydrogen-bond acceptors (Lipinski definition) is 3. The molecule has 10 heteroatoms. The summed E-state index contributed by atoms with van der Waals surface area (Å²) in [4.78, 5) is 17.0. The molecule has 0 rings (SSSR count). The second-order valence-electron chi connectivity index (χ2n) is 0.250. The summed E-state index contributed by atoms with van der Waals surface area (Å²) >= 11 is 0. The Labute approximate surface area is 80.2 Å². The molecule has 0 amide bonds. The Morgan fingerprint density at radius 3 is 0.800 bits per heavy atom. The van der Waals surface area contributed by atoms with Crippen molar-refractivity contribution in [3.8, 4) is 0 Å². The Morgan fingerprint density at radius 2 is 0.800 bits per heavy atom. The third-order valence-electron chi connectivity index (χ3n) is 0. The minimum atomic E-state index is -3.63. The zero-order valence-electron chi connectivity index (χ0n) is 5.22. The van der Waals surface area contributed by atoms with E-state index in [2.05, 4.69) is 0 Å². The van der Waals surface area contributed by atoms with Gasteiger partial charge in [-0.3, -0.25) is 0 Å². The first-order valence-electron chi connectivity index (χ1n) is 0.612. The molecule has 0 spiro atoms. The molecule has 0 saturated heterocycles. The van der Waals surface area contributed by atoms with Gasteiger partial charge in [0.25, 0.3) is 0 Å². The van der Waals surface area contributed by atoms with Crippen LogP contribution in [0.2, 0.25) is 0 Å². The molecule has 0 aliphatic carbocycles. The molecule has 10 N–H and O–H groups in total. The van der Waals surface area contributed by atoms with E-state index in [1.807, 2.05) is 0 Å². The van der Waals surface area contributed by atoms with Crippen molar-refractivity contribution in [2.75, 3.05) is 0 Å². The Kier molecular flexibility index (Phi) is 452. The molecule has 0 saturated carbocycles. The van der Waals surface area contributed by atoms with Gasteiger partial charge in [0.15, 0.2) is 0 Å². The van der Waals surface area contributed by atoms with Gasteiger partial charge in [0.05, 0.1) is 0 Å². The number of rotatable bonds is 0. The molecular formula is H10NaO8Si-. The van der Waals surface area contributed by atoms with Crippen LogP contribution < -0.4 is 39.1 Å². The first-order chi connectivity index (χ1) is 1.73. The Hall–Kier alpha value is 0.417. The van der Waals surface area contributed by atoms with Gasteiger partial charge in [-0.25, -0.2) is 0 Å².